The summed E-state index contributed by atoms with van der Waals surface area (Å²) in [5.41, 5.74) is 0. The zero-order valence-corrected chi connectivity index (χ0v) is 15.9. The van der Waals surface area contributed by atoms with Crippen LogP contribution in [0.15, 0.2) is 66.7 Å². The Labute approximate surface area is 164 Å². The molecule has 3 aromatic rings. The first-order valence-electron chi connectivity index (χ1n) is 8.98. The van der Waals surface area contributed by atoms with Gasteiger partial charge in [-0.15, -0.1) is 0 Å². The summed E-state index contributed by atoms with van der Waals surface area (Å²) in [6, 6.07) is 21.0. The van der Waals surface area contributed by atoms with Crippen molar-refractivity contribution in [1.29, 1.82) is 0 Å². The summed E-state index contributed by atoms with van der Waals surface area (Å²) in [6.45, 7) is 2.70. The Balaban J connectivity index is 1.50. The number of halogens is 1. The van der Waals surface area contributed by atoms with Gasteiger partial charge in [0.25, 0.3) is 5.91 Å². The van der Waals surface area contributed by atoms with Crippen LogP contribution in [-0.2, 0) is 4.79 Å². The van der Waals surface area contributed by atoms with Crippen molar-refractivity contribution in [3.05, 3.63) is 71.8 Å². The van der Waals surface area contributed by atoms with Gasteiger partial charge in [-0.25, -0.2) is 0 Å². The largest absolute Gasteiger partial charge is 0.491 e. The van der Waals surface area contributed by atoms with Gasteiger partial charge >= 0.3 is 0 Å². The Morgan fingerprint density at radius 3 is 2.56 bits per heavy atom. The second-order valence-electron chi connectivity index (χ2n) is 6.09. The maximum atomic E-state index is 12.4. The van der Waals surface area contributed by atoms with Crippen molar-refractivity contribution in [3.8, 4) is 11.5 Å². The van der Waals surface area contributed by atoms with Gasteiger partial charge in [-0.05, 0) is 42.1 Å². The zero-order chi connectivity index (χ0) is 19.1. The van der Waals surface area contributed by atoms with Crippen LogP contribution in [0, 0.1) is 0 Å². The minimum atomic E-state index is -0.552. The summed E-state index contributed by atoms with van der Waals surface area (Å²) in [7, 11) is 0. The Kier molecular flexibility index (Phi) is 6.55. The molecule has 0 radical (unpaired) electrons. The second kappa shape index (κ2) is 9.28. The molecule has 1 atom stereocenters. The lowest BCUT2D eigenvalue weighted by Gasteiger charge is -2.17. The third kappa shape index (κ3) is 5.14. The van der Waals surface area contributed by atoms with Gasteiger partial charge in [0.05, 0.1) is 6.54 Å². The molecule has 0 aromatic heterocycles. The highest BCUT2D eigenvalue weighted by Gasteiger charge is 2.17. The molecule has 0 heterocycles. The monoisotopic (exact) mass is 383 g/mol. The Bertz CT molecular complexity index is 890. The normalized spacial score (nSPS) is 11.8. The quantitative estimate of drug-likeness (QED) is 0.566. The van der Waals surface area contributed by atoms with E-state index in [2.05, 4.69) is 5.32 Å². The lowest BCUT2D eigenvalue weighted by Crippen LogP contribution is -2.39. The number of fused-ring (bicyclic) bond motifs is 1. The summed E-state index contributed by atoms with van der Waals surface area (Å²) < 4.78 is 11.6. The van der Waals surface area contributed by atoms with Gasteiger partial charge < -0.3 is 14.8 Å². The van der Waals surface area contributed by atoms with Crippen molar-refractivity contribution < 1.29 is 14.3 Å². The van der Waals surface area contributed by atoms with Crippen LogP contribution < -0.4 is 14.8 Å². The zero-order valence-electron chi connectivity index (χ0n) is 15.2. The first-order valence-corrected chi connectivity index (χ1v) is 9.35. The lowest BCUT2D eigenvalue weighted by molar-refractivity contribution is -0.128. The van der Waals surface area contributed by atoms with E-state index >= 15 is 0 Å². The van der Waals surface area contributed by atoms with Gasteiger partial charge in [-0.1, -0.05) is 54.9 Å². The van der Waals surface area contributed by atoms with E-state index in [1.807, 2.05) is 49.4 Å². The standard InChI is InChI=1S/C22H22ClNO3/c1-2-20(27-18-12-10-17(23)11-13-18)22(25)24-14-15-26-21-9-5-7-16-6-3-4-8-19(16)21/h3-13,20H,2,14-15H2,1H3,(H,24,25)/t20-/m1/s1. The number of ether oxygens (including phenoxy) is 2. The van der Waals surface area contributed by atoms with E-state index in [1.54, 1.807) is 24.3 Å². The van der Waals surface area contributed by atoms with Gasteiger partial charge in [0.15, 0.2) is 6.10 Å². The van der Waals surface area contributed by atoms with E-state index in [0.717, 1.165) is 16.5 Å². The average molecular weight is 384 g/mol. The van der Waals surface area contributed by atoms with E-state index in [-0.39, 0.29) is 5.91 Å². The molecule has 0 spiro atoms. The molecular weight excluding hydrogens is 362 g/mol. The molecule has 0 aliphatic rings. The molecule has 0 unspecified atom stereocenters. The van der Waals surface area contributed by atoms with Crippen molar-refractivity contribution in [2.75, 3.05) is 13.2 Å². The molecule has 3 rings (SSSR count). The molecular formula is C22H22ClNO3. The van der Waals surface area contributed by atoms with Crippen LogP contribution in [0.1, 0.15) is 13.3 Å². The molecule has 0 bridgehead atoms. The van der Waals surface area contributed by atoms with Crippen molar-refractivity contribution in [3.63, 3.8) is 0 Å². The van der Waals surface area contributed by atoms with Crippen LogP contribution in [0.25, 0.3) is 10.8 Å². The summed E-state index contributed by atoms with van der Waals surface area (Å²) in [6.07, 6.45) is 0.0160. The van der Waals surface area contributed by atoms with Crippen molar-refractivity contribution in [2.45, 2.75) is 19.4 Å². The summed E-state index contributed by atoms with van der Waals surface area (Å²) in [5, 5.41) is 5.68. The summed E-state index contributed by atoms with van der Waals surface area (Å²) in [4.78, 5) is 12.4. The fourth-order valence-corrected chi connectivity index (χ4v) is 2.90. The average Bonchev–Trinajstić information content (AvgIpc) is 2.70. The molecule has 0 saturated heterocycles. The Morgan fingerprint density at radius 2 is 1.78 bits per heavy atom. The van der Waals surface area contributed by atoms with Crippen LogP contribution in [0.2, 0.25) is 5.02 Å². The predicted molar refractivity (Wildman–Crippen MR) is 109 cm³/mol. The SMILES string of the molecule is CC[C@@H](Oc1ccc(Cl)cc1)C(=O)NCCOc1cccc2ccccc12. The molecule has 140 valence electrons. The molecule has 27 heavy (non-hydrogen) atoms. The molecule has 0 fully saturated rings. The fourth-order valence-electron chi connectivity index (χ4n) is 2.77. The maximum absolute atomic E-state index is 12.4. The predicted octanol–water partition coefficient (Wildman–Crippen LogP) is 4.85. The van der Waals surface area contributed by atoms with E-state index in [9.17, 15) is 4.79 Å². The molecule has 4 nitrogen and oxygen atoms in total. The number of carbonyl (C=O) groups is 1. The fraction of sp³-hybridized carbons (Fsp3) is 0.227. The summed E-state index contributed by atoms with van der Waals surface area (Å²) >= 11 is 5.87. The minimum absolute atomic E-state index is 0.158. The number of amides is 1. The van der Waals surface area contributed by atoms with Crippen LogP contribution in [0.5, 0.6) is 11.5 Å². The number of nitrogens with one attached hydrogen (secondary N) is 1. The van der Waals surface area contributed by atoms with Gasteiger partial charge in [0, 0.05) is 10.4 Å². The number of hydrogen-bond acceptors (Lipinski definition) is 3. The van der Waals surface area contributed by atoms with Crippen LogP contribution in [-0.4, -0.2) is 25.2 Å². The highest BCUT2D eigenvalue weighted by Crippen LogP contribution is 2.24. The van der Waals surface area contributed by atoms with Crippen LogP contribution >= 0.6 is 11.6 Å². The molecule has 0 aliphatic heterocycles. The molecule has 1 amide bonds. The highest BCUT2D eigenvalue weighted by atomic mass is 35.5. The highest BCUT2D eigenvalue weighted by molar-refractivity contribution is 6.30. The molecule has 5 heteroatoms. The van der Waals surface area contributed by atoms with Gasteiger partial charge in [-0.3, -0.25) is 4.79 Å². The van der Waals surface area contributed by atoms with E-state index in [1.165, 1.54) is 0 Å². The number of hydrogen-bond donors (Lipinski definition) is 1. The van der Waals surface area contributed by atoms with E-state index in [0.29, 0.717) is 30.3 Å². The van der Waals surface area contributed by atoms with Crippen molar-refractivity contribution in [1.82, 2.24) is 5.32 Å². The summed E-state index contributed by atoms with van der Waals surface area (Å²) in [5.74, 6) is 1.27. The maximum Gasteiger partial charge on any atom is 0.261 e. The van der Waals surface area contributed by atoms with Crippen LogP contribution in [0.3, 0.4) is 0 Å². The number of benzene rings is 3. The molecule has 3 aromatic carbocycles. The second-order valence-corrected chi connectivity index (χ2v) is 6.52. The van der Waals surface area contributed by atoms with Crippen LogP contribution in [0.4, 0.5) is 0 Å². The molecule has 0 saturated carbocycles. The van der Waals surface area contributed by atoms with Gasteiger partial charge in [0.1, 0.15) is 18.1 Å². The van der Waals surface area contributed by atoms with Crippen molar-refractivity contribution >= 4 is 28.3 Å². The first kappa shape index (κ1) is 19.1. The first-order chi connectivity index (χ1) is 13.2. The van der Waals surface area contributed by atoms with Crippen molar-refractivity contribution in [2.24, 2.45) is 0 Å². The number of rotatable bonds is 8. The third-order valence-electron chi connectivity index (χ3n) is 4.16. The van der Waals surface area contributed by atoms with Gasteiger partial charge in [-0.2, -0.15) is 0 Å². The van der Waals surface area contributed by atoms with E-state index in [4.69, 9.17) is 21.1 Å². The molecule has 1 N–H and O–H groups in total. The molecule has 0 aliphatic carbocycles. The third-order valence-corrected chi connectivity index (χ3v) is 4.42. The van der Waals surface area contributed by atoms with Gasteiger partial charge in [0.2, 0.25) is 0 Å². The lowest BCUT2D eigenvalue weighted by atomic mass is 10.1. The Morgan fingerprint density at radius 1 is 1.04 bits per heavy atom. The van der Waals surface area contributed by atoms with E-state index < -0.39 is 6.10 Å². The Hall–Kier alpha value is -2.72. The topological polar surface area (TPSA) is 47.6 Å². The smallest absolute Gasteiger partial charge is 0.261 e. The number of carbonyl (C=O) groups excluding carboxylic acids is 1. The minimum Gasteiger partial charge on any atom is -0.491 e.